The van der Waals surface area contributed by atoms with Gasteiger partial charge in [-0.25, -0.2) is 4.68 Å². The number of hydrogen-bond acceptors (Lipinski definition) is 5. The Bertz CT molecular complexity index is 734. The van der Waals surface area contributed by atoms with Gasteiger partial charge in [0, 0.05) is 19.2 Å². The smallest absolute Gasteiger partial charge is 0.290 e. The number of hydrogen-bond donors (Lipinski definition) is 2. The number of anilines is 1. The van der Waals surface area contributed by atoms with Crippen LogP contribution in [-0.2, 0) is 9.59 Å². The quantitative estimate of drug-likeness (QED) is 0.760. The van der Waals surface area contributed by atoms with Gasteiger partial charge in [-0.1, -0.05) is 30.3 Å². The van der Waals surface area contributed by atoms with Crippen LogP contribution < -0.4 is 5.32 Å². The fourth-order valence-corrected chi connectivity index (χ4v) is 3.24. The molecule has 0 bridgehead atoms. The minimum atomic E-state index is -0.250. The molecule has 8 heteroatoms. The fraction of sp³-hybridized carbons (Fsp3) is 0.450. The molecule has 0 saturated carbocycles. The lowest BCUT2D eigenvalue weighted by atomic mass is 10.1. The number of nitrogens with one attached hydrogen (secondary N) is 1. The zero-order valence-electron chi connectivity index (χ0n) is 16.5. The van der Waals surface area contributed by atoms with Crippen molar-refractivity contribution in [3.8, 4) is 0 Å². The Hall–Kier alpha value is -2.71. The maximum absolute atomic E-state index is 12.5. The molecule has 152 valence electrons. The number of carbonyl (C=O) groups is 2. The van der Waals surface area contributed by atoms with E-state index in [1.54, 1.807) is 6.20 Å². The van der Waals surface area contributed by atoms with Crippen molar-refractivity contribution in [1.82, 2.24) is 19.6 Å². The van der Waals surface area contributed by atoms with Gasteiger partial charge in [-0.2, -0.15) is 5.10 Å². The molecule has 2 aromatic rings. The fourth-order valence-electron chi connectivity index (χ4n) is 3.24. The van der Waals surface area contributed by atoms with Gasteiger partial charge in [-0.3, -0.25) is 14.5 Å². The van der Waals surface area contributed by atoms with Crippen LogP contribution in [0.2, 0.25) is 0 Å². The maximum atomic E-state index is 12.5. The normalized spacial score (nSPS) is 16.4. The summed E-state index contributed by atoms with van der Waals surface area (Å²) in [5, 5.41) is 14.3. The van der Waals surface area contributed by atoms with E-state index in [0.717, 1.165) is 44.0 Å². The Labute approximate surface area is 165 Å². The molecular weight excluding hydrogens is 358 g/mol. The van der Waals surface area contributed by atoms with E-state index in [9.17, 15) is 4.79 Å². The van der Waals surface area contributed by atoms with Gasteiger partial charge in [0.1, 0.15) is 5.82 Å². The van der Waals surface area contributed by atoms with Gasteiger partial charge in [-0.15, -0.1) is 0 Å². The van der Waals surface area contributed by atoms with Crippen molar-refractivity contribution in [2.75, 3.05) is 45.1 Å². The zero-order chi connectivity index (χ0) is 20.4. The van der Waals surface area contributed by atoms with Crippen LogP contribution in [0.15, 0.2) is 42.6 Å². The lowest BCUT2D eigenvalue weighted by Gasteiger charge is -2.20. The number of likely N-dealkylation sites (N-methyl/N-ethyl adjacent to an activating group) is 1. The van der Waals surface area contributed by atoms with Gasteiger partial charge in [-0.05, 0) is 39.0 Å². The molecule has 3 rings (SSSR count). The number of nitrogens with zero attached hydrogens (tertiary/aromatic N) is 4. The van der Waals surface area contributed by atoms with Gasteiger partial charge in [0.15, 0.2) is 0 Å². The molecule has 2 N–H and O–H groups in total. The van der Waals surface area contributed by atoms with E-state index in [1.165, 1.54) is 0 Å². The molecule has 1 amide bonds. The summed E-state index contributed by atoms with van der Waals surface area (Å²) >= 11 is 0. The molecule has 1 aromatic carbocycles. The number of aromatic nitrogens is 2. The highest BCUT2D eigenvalue weighted by molar-refractivity contribution is 5.91. The van der Waals surface area contributed by atoms with E-state index in [-0.39, 0.29) is 18.4 Å². The van der Waals surface area contributed by atoms with Gasteiger partial charge in [0.05, 0.1) is 18.8 Å². The summed E-state index contributed by atoms with van der Waals surface area (Å²) < 4.78 is 1.86. The van der Waals surface area contributed by atoms with Crippen molar-refractivity contribution in [3.05, 3.63) is 48.2 Å². The highest BCUT2D eigenvalue weighted by atomic mass is 16.3. The molecule has 1 saturated heterocycles. The van der Waals surface area contributed by atoms with Crippen molar-refractivity contribution in [2.45, 2.75) is 19.4 Å². The molecule has 1 unspecified atom stereocenters. The van der Waals surface area contributed by atoms with Crippen LogP contribution in [0, 0.1) is 0 Å². The molecule has 1 aliphatic heterocycles. The lowest BCUT2D eigenvalue weighted by Crippen LogP contribution is -2.36. The Morgan fingerprint density at radius 2 is 1.93 bits per heavy atom. The number of rotatable bonds is 5. The summed E-state index contributed by atoms with van der Waals surface area (Å²) in [6.07, 6.45) is 2.84. The summed E-state index contributed by atoms with van der Waals surface area (Å²) in [7, 11) is 2.13. The number of amides is 1. The molecule has 1 aromatic heterocycles. The Kier molecular flexibility index (Phi) is 8.64. The number of carbonyl (C=O) groups excluding carboxylic acids is 1. The third-order valence-corrected chi connectivity index (χ3v) is 4.77. The predicted octanol–water partition coefficient (Wildman–Crippen LogP) is 1.77. The molecule has 1 fully saturated rings. The second-order valence-electron chi connectivity index (χ2n) is 6.83. The molecule has 1 aliphatic rings. The summed E-state index contributed by atoms with van der Waals surface area (Å²) in [6, 6.07) is 12.1. The predicted molar refractivity (Wildman–Crippen MR) is 108 cm³/mol. The molecule has 0 spiro atoms. The summed E-state index contributed by atoms with van der Waals surface area (Å²) in [4.78, 5) is 25.4. The van der Waals surface area contributed by atoms with E-state index >= 15 is 0 Å². The Balaban J connectivity index is 0.000000878. The highest BCUT2D eigenvalue weighted by Crippen LogP contribution is 2.21. The first kappa shape index (κ1) is 21.6. The van der Waals surface area contributed by atoms with Crippen LogP contribution >= 0.6 is 0 Å². The van der Waals surface area contributed by atoms with Crippen molar-refractivity contribution in [2.24, 2.45) is 0 Å². The van der Waals surface area contributed by atoms with Gasteiger partial charge >= 0.3 is 0 Å². The van der Waals surface area contributed by atoms with Crippen LogP contribution in [-0.4, -0.2) is 76.8 Å². The van der Waals surface area contributed by atoms with E-state index in [4.69, 9.17) is 9.90 Å². The Morgan fingerprint density at radius 3 is 2.64 bits per heavy atom. The average molecular weight is 387 g/mol. The summed E-state index contributed by atoms with van der Waals surface area (Å²) in [5.41, 5.74) is 1.16. The maximum Gasteiger partial charge on any atom is 0.290 e. The lowest BCUT2D eigenvalue weighted by molar-refractivity contribution is -0.123. The van der Waals surface area contributed by atoms with E-state index in [0.29, 0.717) is 6.54 Å². The minimum Gasteiger partial charge on any atom is -0.483 e. The first-order valence-electron chi connectivity index (χ1n) is 9.42. The Morgan fingerprint density at radius 1 is 1.21 bits per heavy atom. The van der Waals surface area contributed by atoms with Crippen LogP contribution in [0.4, 0.5) is 5.82 Å². The SMILES string of the molecule is CC(c1ccccc1)n1nccc1NC(=O)CN1CCCN(C)CC1.O=CO. The third kappa shape index (κ3) is 6.47. The van der Waals surface area contributed by atoms with Crippen molar-refractivity contribution < 1.29 is 14.7 Å². The highest BCUT2D eigenvalue weighted by Gasteiger charge is 2.17. The monoisotopic (exact) mass is 387 g/mol. The van der Waals surface area contributed by atoms with E-state index in [1.807, 2.05) is 28.9 Å². The number of benzene rings is 1. The molecule has 28 heavy (non-hydrogen) atoms. The van der Waals surface area contributed by atoms with Gasteiger partial charge in [0.25, 0.3) is 6.47 Å². The van der Waals surface area contributed by atoms with Crippen LogP contribution in [0.1, 0.15) is 24.9 Å². The van der Waals surface area contributed by atoms with Crippen LogP contribution in [0.5, 0.6) is 0 Å². The molecular formula is C20H29N5O3. The summed E-state index contributed by atoms with van der Waals surface area (Å²) in [5.74, 6) is 0.764. The third-order valence-electron chi connectivity index (χ3n) is 4.77. The zero-order valence-corrected chi connectivity index (χ0v) is 16.5. The largest absolute Gasteiger partial charge is 0.483 e. The first-order chi connectivity index (χ1) is 13.5. The standard InChI is InChI=1S/C19H27N5O.CH2O2/c1-16(17-7-4-3-5-8-17)24-18(9-10-20-24)21-19(25)15-23-12-6-11-22(2)13-14-23;2-1-3/h3-5,7-10,16H,6,11-15H2,1-2H3,(H,21,25);1H,(H,2,3). The first-order valence-corrected chi connectivity index (χ1v) is 9.42. The van der Waals surface area contributed by atoms with Crippen molar-refractivity contribution in [3.63, 3.8) is 0 Å². The molecule has 2 heterocycles. The molecule has 0 aliphatic carbocycles. The average Bonchev–Trinajstić information content (AvgIpc) is 3.04. The topological polar surface area (TPSA) is 90.7 Å². The van der Waals surface area contributed by atoms with Crippen molar-refractivity contribution >= 4 is 18.2 Å². The van der Waals surface area contributed by atoms with Gasteiger partial charge < -0.3 is 15.3 Å². The van der Waals surface area contributed by atoms with Crippen molar-refractivity contribution in [1.29, 1.82) is 0 Å². The number of carboxylic acid groups (broad SMARTS) is 1. The summed E-state index contributed by atoms with van der Waals surface area (Å²) in [6.45, 7) is 6.28. The van der Waals surface area contributed by atoms with E-state index < -0.39 is 0 Å². The van der Waals surface area contributed by atoms with Gasteiger partial charge in [0.2, 0.25) is 5.91 Å². The molecule has 8 nitrogen and oxygen atoms in total. The molecule has 0 radical (unpaired) electrons. The van der Waals surface area contributed by atoms with Crippen LogP contribution in [0.25, 0.3) is 0 Å². The second kappa shape index (κ2) is 11.2. The second-order valence-corrected chi connectivity index (χ2v) is 6.83. The minimum absolute atomic E-state index is 0.0200. The molecule has 1 atom stereocenters. The van der Waals surface area contributed by atoms with E-state index in [2.05, 4.69) is 46.3 Å². The van der Waals surface area contributed by atoms with Crippen LogP contribution in [0.3, 0.4) is 0 Å².